The number of aromatic nitrogens is 3. The molecule has 0 spiro atoms. The molecular weight excluding hydrogens is 304 g/mol. The van der Waals surface area contributed by atoms with E-state index in [1.807, 2.05) is 24.3 Å². The number of rotatable bonds is 4. The van der Waals surface area contributed by atoms with E-state index in [0.29, 0.717) is 11.5 Å². The summed E-state index contributed by atoms with van der Waals surface area (Å²) < 4.78 is 6.83. The molecule has 24 heavy (non-hydrogen) atoms. The van der Waals surface area contributed by atoms with Crippen molar-refractivity contribution in [3.63, 3.8) is 0 Å². The molecule has 1 aliphatic heterocycles. The number of nitrogens with zero attached hydrogens (tertiary/aromatic N) is 4. The lowest BCUT2D eigenvalue weighted by Gasteiger charge is -2.19. The molecule has 0 atom stereocenters. The Kier molecular flexibility index (Phi) is 4.06. The van der Waals surface area contributed by atoms with Gasteiger partial charge < -0.3 is 4.74 Å². The summed E-state index contributed by atoms with van der Waals surface area (Å²) in [6.07, 6.45) is 3.44. The summed E-state index contributed by atoms with van der Waals surface area (Å²) in [4.78, 5) is 18.6. The average molecular weight is 326 g/mol. The highest BCUT2D eigenvalue weighted by molar-refractivity contribution is 5.89. The summed E-state index contributed by atoms with van der Waals surface area (Å²) in [5.41, 5.74) is 1.79. The minimum atomic E-state index is -0.292. The molecular formula is C18H22N4O2. The van der Waals surface area contributed by atoms with Crippen LogP contribution in [0.25, 0.3) is 0 Å². The van der Waals surface area contributed by atoms with Gasteiger partial charge in [0.1, 0.15) is 5.82 Å². The number of hydrogen-bond donors (Lipinski definition) is 0. The van der Waals surface area contributed by atoms with Crippen LogP contribution in [0, 0.1) is 0 Å². The molecule has 4 rings (SSSR count). The van der Waals surface area contributed by atoms with Gasteiger partial charge in [-0.05, 0) is 30.5 Å². The normalized spacial score (nSPS) is 18.0. The van der Waals surface area contributed by atoms with Gasteiger partial charge in [-0.15, -0.1) is 0 Å². The Bertz CT molecular complexity index is 708. The summed E-state index contributed by atoms with van der Waals surface area (Å²) in [7, 11) is 1.40. The topological polar surface area (TPSA) is 60.2 Å². The Morgan fingerprint density at radius 1 is 1.21 bits per heavy atom. The third-order valence-electron chi connectivity index (χ3n) is 4.77. The molecule has 2 aromatic rings. The zero-order chi connectivity index (χ0) is 16.5. The van der Waals surface area contributed by atoms with Crippen molar-refractivity contribution in [1.82, 2.24) is 19.7 Å². The van der Waals surface area contributed by atoms with E-state index >= 15 is 0 Å². The summed E-state index contributed by atoms with van der Waals surface area (Å²) in [5.74, 6) is 2.51. The van der Waals surface area contributed by atoms with E-state index in [2.05, 4.69) is 14.7 Å². The van der Waals surface area contributed by atoms with Crippen molar-refractivity contribution < 1.29 is 9.53 Å². The first-order valence-corrected chi connectivity index (χ1v) is 8.56. The minimum absolute atomic E-state index is 0.292. The van der Waals surface area contributed by atoms with Crippen LogP contribution in [-0.2, 0) is 24.2 Å². The molecule has 2 heterocycles. The van der Waals surface area contributed by atoms with Crippen LogP contribution in [0.5, 0.6) is 0 Å². The number of esters is 1. The lowest BCUT2D eigenvalue weighted by atomic mass is 10.1. The lowest BCUT2D eigenvalue weighted by Crippen LogP contribution is -2.26. The zero-order valence-corrected chi connectivity index (χ0v) is 13.9. The molecule has 126 valence electrons. The second-order valence-corrected chi connectivity index (χ2v) is 6.60. The molecule has 0 unspecified atom stereocenters. The zero-order valence-electron chi connectivity index (χ0n) is 13.9. The number of fused-ring (bicyclic) bond motifs is 1. The van der Waals surface area contributed by atoms with E-state index in [1.54, 1.807) is 0 Å². The first-order valence-electron chi connectivity index (χ1n) is 8.56. The second kappa shape index (κ2) is 6.36. The van der Waals surface area contributed by atoms with Crippen molar-refractivity contribution in [2.24, 2.45) is 0 Å². The van der Waals surface area contributed by atoms with Crippen molar-refractivity contribution in [1.29, 1.82) is 0 Å². The molecule has 0 bridgehead atoms. The molecule has 0 radical (unpaired) electrons. The predicted octanol–water partition coefficient (Wildman–Crippen LogP) is 2.00. The number of carbonyl (C=O) groups is 1. The van der Waals surface area contributed by atoms with Crippen molar-refractivity contribution >= 4 is 5.97 Å². The molecule has 1 aliphatic carbocycles. The Morgan fingerprint density at radius 2 is 2.00 bits per heavy atom. The van der Waals surface area contributed by atoms with Gasteiger partial charge in [-0.3, -0.25) is 4.90 Å². The second-order valence-electron chi connectivity index (χ2n) is 6.60. The van der Waals surface area contributed by atoms with E-state index < -0.39 is 0 Å². The fraction of sp³-hybridized carbons (Fsp3) is 0.500. The number of methoxy groups -OCH3 is 1. The first kappa shape index (κ1) is 15.3. The minimum Gasteiger partial charge on any atom is -0.465 e. The van der Waals surface area contributed by atoms with Gasteiger partial charge in [0.25, 0.3) is 0 Å². The van der Waals surface area contributed by atoms with E-state index in [0.717, 1.165) is 44.2 Å². The molecule has 1 aromatic carbocycles. The first-order chi connectivity index (χ1) is 11.7. The maximum Gasteiger partial charge on any atom is 0.337 e. The summed E-state index contributed by atoms with van der Waals surface area (Å²) >= 11 is 0. The van der Waals surface area contributed by atoms with Crippen LogP contribution in [-0.4, -0.2) is 45.8 Å². The van der Waals surface area contributed by atoms with E-state index in [4.69, 9.17) is 9.72 Å². The fourth-order valence-electron chi connectivity index (χ4n) is 3.16. The Hall–Kier alpha value is -2.21. The molecule has 1 saturated carbocycles. The number of ether oxygens (including phenoxy) is 1. The third-order valence-corrected chi connectivity index (χ3v) is 4.77. The number of benzene rings is 1. The largest absolute Gasteiger partial charge is 0.465 e. The molecule has 0 N–H and O–H groups in total. The van der Waals surface area contributed by atoms with Crippen LogP contribution in [0.15, 0.2) is 24.3 Å². The molecule has 1 aromatic heterocycles. The summed E-state index contributed by atoms with van der Waals surface area (Å²) in [6.45, 7) is 3.73. The van der Waals surface area contributed by atoms with Crippen LogP contribution < -0.4 is 0 Å². The quantitative estimate of drug-likeness (QED) is 0.804. The van der Waals surface area contributed by atoms with Crippen LogP contribution in [0.4, 0.5) is 0 Å². The highest BCUT2D eigenvalue weighted by atomic mass is 16.5. The molecule has 0 amide bonds. The van der Waals surface area contributed by atoms with Crippen LogP contribution in [0.3, 0.4) is 0 Å². The van der Waals surface area contributed by atoms with Crippen molar-refractivity contribution in [3.8, 4) is 0 Å². The van der Waals surface area contributed by atoms with Gasteiger partial charge in [0, 0.05) is 32.0 Å². The highest BCUT2D eigenvalue weighted by Crippen LogP contribution is 2.38. The number of carbonyl (C=O) groups excluding carboxylic acids is 1. The van der Waals surface area contributed by atoms with Gasteiger partial charge in [0.2, 0.25) is 0 Å². The van der Waals surface area contributed by atoms with E-state index in [-0.39, 0.29) is 5.97 Å². The summed E-state index contributed by atoms with van der Waals surface area (Å²) in [6, 6.07) is 7.65. The van der Waals surface area contributed by atoms with Crippen molar-refractivity contribution in [2.75, 3.05) is 20.2 Å². The van der Waals surface area contributed by atoms with Crippen LogP contribution in [0.2, 0.25) is 0 Å². The fourth-order valence-corrected chi connectivity index (χ4v) is 3.16. The molecule has 0 saturated heterocycles. The number of hydrogen-bond acceptors (Lipinski definition) is 5. The molecule has 6 nitrogen and oxygen atoms in total. The van der Waals surface area contributed by atoms with Gasteiger partial charge in [0.05, 0.1) is 19.2 Å². The standard InChI is InChI=1S/C18H22N4O2/c1-24-18(23)15-4-2-13(3-5-15)12-21-9-8-16-19-17(14-6-7-14)20-22(16)11-10-21/h2-5,14H,6-12H2,1H3. The summed E-state index contributed by atoms with van der Waals surface area (Å²) in [5, 5.41) is 4.68. The van der Waals surface area contributed by atoms with Gasteiger partial charge in [-0.2, -0.15) is 5.10 Å². The monoisotopic (exact) mass is 326 g/mol. The van der Waals surface area contributed by atoms with Gasteiger partial charge in [-0.1, -0.05) is 12.1 Å². The van der Waals surface area contributed by atoms with E-state index in [9.17, 15) is 4.79 Å². The average Bonchev–Trinajstić information content (AvgIpc) is 3.41. The Labute approximate surface area is 141 Å². The Morgan fingerprint density at radius 3 is 2.71 bits per heavy atom. The van der Waals surface area contributed by atoms with Gasteiger partial charge >= 0.3 is 5.97 Å². The van der Waals surface area contributed by atoms with Gasteiger partial charge in [0.15, 0.2) is 5.82 Å². The van der Waals surface area contributed by atoms with E-state index in [1.165, 1.54) is 25.5 Å². The SMILES string of the molecule is COC(=O)c1ccc(CN2CCc3nc(C4CC4)nn3CC2)cc1. The van der Waals surface area contributed by atoms with Crippen molar-refractivity contribution in [3.05, 3.63) is 47.0 Å². The highest BCUT2D eigenvalue weighted by Gasteiger charge is 2.29. The van der Waals surface area contributed by atoms with Crippen LogP contribution in [0.1, 0.15) is 46.3 Å². The Balaban J connectivity index is 1.38. The maximum absolute atomic E-state index is 11.5. The predicted molar refractivity (Wildman–Crippen MR) is 88.8 cm³/mol. The van der Waals surface area contributed by atoms with Gasteiger partial charge in [-0.25, -0.2) is 14.5 Å². The molecule has 1 fully saturated rings. The molecule has 6 heteroatoms. The third kappa shape index (κ3) is 3.19. The molecule has 2 aliphatic rings. The van der Waals surface area contributed by atoms with Crippen molar-refractivity contribution in [2.45, 2.75) is 38.3 Å². The smallest absolute Gasteiger partial charge is 0.337 e. The van der Waals surface area contributed by atoms with Crippen LogP contribution >= 0.6 is 0 Å². The lowest BCUT2D eigenvalue weighted by molar-refractivity contribution is 0.0600. The maximum atomic E-state index is 11.5.